The van der Waals surface area contributed by atoms with Gasteiger partial charge >= 0.3 is 18.4 Å². The molecule has 0 aliphatic carbocycles. The van der Waals surface area contributed by atoms with Gasteiger partial charge in [0.25, 0.3) is 10.0 Å². The fourth-order valence-electron chi connectivity index (χ4n) is 5.05. The second kappa shape index (κ2) is 11.5. The first-order chi connectivity index (χ1) is 20.6. The Morgan fingerprint density at radius 3 is 2.09 bits per heavy atom. The summed E-state index contributed by atoms with van der Waals surface area (Å²) < 4.78 is 107. The fraction of sp³-hybridized carbons (Fsp3) is 0.296. The van der Waals surface area contributed by atoms with Crippen molar-refractivity contribution in [2.45, 2.75) is 23.3 Å². The topological polar surface area (TPSA) is 94.1 Å². The van der Waals surface area contributed by atoms with Gasteiger partial charge in [0.1, 0.15) is 11.9 Å². The number of alkyl halides is 6. The number of benzene rings is 2. The Labute approximate surface area is 252 Å². The van der Waals surface area contributed by atoms with Gasteiger partial charge in [0, 0.05) is 38.1 Å². The molecule has 3 aromatic rings. The number of carbonyl (C=O) groups is 2. The minimum Gasteiger partial charge on any atom is -0.352 e. The molecule has 17 heteroatoms. The zero-order chi connectivity index (χ0) is 32.0. The number of aromatic nitrogens is 1. The van der Waals surface area contributed by atoms with Crippen molar-refractivity contribution in [3.63, 3.8) is 0 Å². The first kappa shape index (κ1) is 31.4. The van der Waals surface area contributed by atoms with Crippen molar-refractivity contribution in [1.29, 1.82) is 0 Å². The van der Waals surface area contributed by atoms with E-state index in [2.05, 4.69) is 4.98 Å². The maximum absolute atomic E-state index is 13.8. The summed E-state index contributed by atoms with van der Waals surface area (Å²) in [5, 5.41) is -0.240. The molecule has 2 aromatic carbocycles. The van der Waals surface area contributed by atoms with Crippen molar-refractivity contribution in [1.82, 2.24) is 14.2 Å². The van der Waals surface area contributed by atoms with E-state index >= 15 is 0 Å². The van der Waals surface area contributed by atoms with Crippen molar-refractivity contribution in [3.05, 3.63) is 83.0 Å². The number of piperazine rings is 1. The molecule has 1 aromatic heterocycles. The van der Waals surface area contributed by atoms with E-state index < -0.39 is 62.9 Å². The van der Waals surface area contributed by atoms with Crippen molar-refractivity contribution in [2.24, 2.45) is 0 Å². The quantitative estimate of drug-likeness (QED) is 0.353. The zero-order valence-electron chi connectivity index (χ0n) is 22.4. The number of hydrogen-bond donors (Lipinski definition) is 0. The molecule has 1 atom stereocenters. The number of carbonyl (C=O) groups excluding carboxylic acids is 2. The van der Waals surface area contributed by atoms with Crippen LogP contribution < -0.4 is 9.80 Å². The molecule has 2 aliphatic rings. The lowest BCUT2D eigenvalue weighted by atomic mass is 10.2. The average molecular weight is 662 g/mol. The molecule has 3 heterocycles. The van der Waals surface area contributed by atoms with Crippen LogP contribution in [0.4, 0.5) is 42.6 Å². The van der Waals surface area contributed by atoms with Crippen LogP contribution in [0.2, 0.25) is 5.02 Å². The minimum atomic E-state index is -5.06. The van der Waals surface area contributed by atoms with Crippen molar-refractivity contribution in [2.75, 3.05) is 42.5 Å². The van der Waals surface area contributed by atoms with E-state index in [9.17, 15) is 44.3 Å². The molecule has 0 spiro atoms. The minimum absolute atomic E-state index is 0.00877. The summed E-state index contributed by atoms with van der Waals surface area (Å²) in [4.78, 5) is 33.9. The second-order valence-electron chi connectivity index (χ2n) is 9.87. The average Bonchev–Trinajstić information content (AvgIpc) is 3.34. The molecular weight excluding hydrogens is 640 g/mol. The number of sulfonamides is 1. The van der Waals surface area contributed by atoms with Crippen LogP contribution in [0.15, 0.2) is 71.8 Å². The van der Waals surface area contributed by atoms with Crippen LogP contribution in [0.3, 0.4) is 0 Å². The summed E-state index contributed by atoms with van der Waals surface area (Å²) in [6.45, 7) is -0.551. The van der Waals surface area contributed by atoms with E-state index in [-0.39, 0.29) is 47.0 Å². The van der Waals surface area contributed by atoms with Crippen molar-refractivity contribution in [3.8, 4) is 0 Å². The van der Waals surface area contributed by atoms with Gasteiger partial charge in [-0.2, -0.15) is 26.3 Å². The molecule has 2 saturated heterocycles. The summed E-state index contributed by atoms with van der Waals surface area (Å²) >= 11 is 6.06. The normalized spacial score (nSPS) is 18.2. The van der Waals surface area contributed by atoms with Crippen LogP contribution in [0.25, 0.3) is 0 Å². The molecule has 9 nitrogen and oxygen atoms in total. The highest BCUT2D eigenvalue weighted by molar-refractivity contribution is 7.89. The highest BCUT2D eigenvalue weighted by Gasteiger charge is 2.50. The molecule has 0 N–H and O–H groups in total. The number of pyridine rings is 1. The SMILES string of the molecule is O=C([C@@H]1CN(S(=O)(=O)c2ccccc2C(F)(F)F)C(=O)N1c1ccccc1)N1CCN(c2ncc(C(F)(F)F)cc2Cl)CC1. The van der Waals surface area contributed by atoms with Crippen LogP contribution in [0.5, 0.6) is 0 Å². The van der Waals surface area contributed by atoms with E-state index in [0.29, 0.717) is 12.3 Å². The maximum atomic E-state index is 13.8. The van der Waals surface area contributed by atoms with Gasteiger partial charge in [-0.25, -0.2) is 22.5 Å². The Kier molecular flexibility index (Phi) is 8.18. The third-order valence-electron chi connectivity index (χ3n) is 7.19. The maximum Gasteiger partial charge on any atom is 0.417 e. The third kappa shape index (κ3) is 5.87. The molecule has 5 rings (SSSR count). The highest BCUT2D eigenvalue weighted by Crippen LogP contribution is 2.38. The van der Waals surface area contributed by atoms with Crippen molar-refractivity contribution < 1.29 is 44.3 Å². The Morgan fingerprint density at radius 2 is 1.50 bits per heavy atom. The summed E-state index contributed by atoms with van der Waals surface area (Å²) in [5.41, 5.74) is -2.33. The Morgan fingerprint density at radius 1 is 0.886 bits per heavy atom. The molecule has 0 unspecified atom stereocenters. The molecule has 2 aliphatic heterocycles. The number of urea groups is 1. The van der Waals surface area contributed by atoms with Gasteiger partial charge in [-0.3, -0.25) is 9.69 Å². The Hall–Kier alpha value is -4.05. The van der Waals surface area contributed by atoms with Crippen LogP contribution in [0.1, 0.15) is 11.1 Å². The molecule has 0 bridgehead atoms. The van der Waals surface area contributed by atoms with Gasteiger partial charge in [-0.15, -0.1) is 0 Å². The van der Waals surface area contributed by atoms with Crippen molar-refractivity contribution >= 4 is 45.1 Å². The lowest BCUT2D eigenvalue weighted by molar-refractivity contribution is -0.140. The first-order valence-electron chi connectivity index (χ1n) is 12.9. The Balaban J connectivity index is 1.40. The number of amides is 3. The van der Waals surface area contributed by atoms with E-state index in [4.69, 9.17) is 11.6 Å². The third-order valence-corrected chi connectivity index (χ3v) is 9.27. The summed E-state index contributed by atoms with van der Waals surface area (Å²) in [7, 11) is -5.06. The molecule has 44 heavy (non-hydrogen) atoms. The molecule has 2 fully saturated rings. The number of halogens is 7. The largest absolute Gasteiger partial charge is 0.417 e. The number of para-hydroxylation sites is 1. The molecule has 0 saturated carbocycles. The summed E-state index contributed by atoms with van der Waals surface area (Å²) in [6.07, 6.45) is -9.03. The fourth-order valence-corrected chi connectivity index (χ4v) is 6.92. The van der Waals surface area contributed by atoms with Crippen LogP contribution in [-0.4, -0.2) is 73.3 Å². The second-order valence-corrected chi connectivity index (χ2v) is 12.1. The number of nitrogens with zero attached hydrogens (tertiary/aromatic N) is 5. The van der Waals surface area contributed by atoms with E-state index in [1.54, 1.807) is 23.1 Å². The van der Waals surface area contributed by atoms with Crippen LogP contribution in [-0.2, 0) is 27.2 Å². The van der Waals surface area contributed by atoms with Gasteiger partial charge < -0.3 is 9.80 Å². The first-order valence-corrected chi connectivity index (χ1v) is 14.8. The van der Waals surface area contributed by atoms with Gasteiger partial charge in [0.2, 0.25) is 5.91 Å². The number of anilines is 2. The van der Waals surface area contributed by atoms with Gasteiger partial charge in [-0.1, -0.05) is 41.9 Å². The molecular formula is C27H22ClF6N5O4S. The van der Waals surface area contributed by atoms with E-state index in [1.165, 1.54) is 17.0 Å². The highest BCUT2D eigenvalue weighted by atomic mass is 35.5. The predicted octanol–water partition coefficient (Wildman–Crippen LogP) is 5.12. The zero-order valence-corrected chi connectivity index (χ0v) is 24.0. The standard InChI is InChI=1S/C27H22ClF6N5O4S/c28-20-14-17(26(29,30)31)15-35-23(20)36-10-12-37(13-11-36)24(40)21-16-38(25(41)39(21)18-6-2-1-3-7-18)44(42,43)22-9-5-4-8-19(22)27(32,33)34/h1-9,14-15,21H,10-13,16H2/t21-/m0/s1. The van der Waals surface area contributed by atoms with Gasteiger partial charge in [-0.05, 0) is 30.3 Å². The van der Waals surface area contributed by atoms with Gasteiger partial charge in [0.15, 0.2) is 0 Å². The summed E-state index contributed by atoms with van der Waals surface area (Å²) in [5.74, 6) is -0.593. The van der Waals surface area contributed by atoms with Gasteiger partial charge in [0.05, 0.1) is 27.6 Å². The smallest absolute Gasteiger partial charge is 0.352 e. The monoisotopic (exact) mass is 661 g/mol. The summed E-state index contributed by atoms with van der Waals surface area (Å²) in [6, 6.07) is 9.17. The Bertz CT molecular complexity index is 1680. The molecule has 234 valence electrons. The van der Waals surface area contributed by atoms with E-state index in [0.717, 1.165) is 29.2 Å². The van der Waals surface area contributed by atoms with E-state index in [1.807, 2.05) is 0 Å². The lowest BCUT2D eigenvalue weighted by Crippen LogP contribution is -2.55. The molecule has 0 radical (unpaired) electrons. The van der Waals surface area contributed by atoms with Crippen LogP contribution in [0, 0.1) is 0 Å². The predicted molar refractivity (Wildman–Crippen MR) is 146 cm³/mol. The lowest BCUT2D eigenvalue weighted by Gasteiger charge is -2.37. The molecule has 3 amide bonds. The number of hydrogen-bond acceptors (Lipinski definition) is 6. The number of rotatable bonds is 5. The van der Waals surface area contributed by atoms with Crippen LogP contribution >= 0.6 is 11.6 Å².